The van der Waals surface area contributed by atoms with Crippen molar-refractivity contribution in [2.24, 2.45) is 5.41 Å². The van der Waals surface area contributed by atoms with Crippen molar-refractivity contribution in [2.75, 3.05) is 30.5 Å². The monoisotopic (exact) mass is 551 g/mol. The molecule has 2 amide bonds. The molecular formula is C27H23F2N5O4S. The number of carbonyl (C=O) groups excluding carboxylic acids is 2. The first-order valence-electron chi connectivity index (χ1n) is 12.6. The molecule has 39 heavy (non-hydrogen) atoms. The molecular weight excluding hydrogens is 528 g/mol. The number of nitriles is 1. The highest BCUT2D eigenvalue weighted by Crippen LogP contribution is 2.66. The Bertz CT molecular complexity index is 1580. The van der Waals surface area contributed by atoms with E-state index < -0.39 is 40.0 Å². The minimum atomic E-state index is -1.10. The van der Waals surface area contributed by atoms with Gasteiger partial charge < -0.3 is 25.0 Å². The Labute approximate surface area is 225 Å². The van der Waals surface area contributed by atoms with Crippen LogP contribution in [0.25, 0.3) is 10.2 Å². The second-order valence-electron chi connectivity index (χ2n) is 10.9. The lowest BCUT2D eigenvalue weighted by atomic mass is 9.40. The molecule has 5 fully saturated rings. The molecule has 12 heteroatoms. The fourth-order valence-corrected chi connectivity index (χ4v) is 7.78. The number of anilines is 2. The van der Waals surface area contributed by atoms with Crippen LogP contribution in [-0.4, -0.2) is 54.7 Å². The predicted octanol–water partition coefficient (Wildman–Crippen LogP) is 3.99. The van der Waals surface area contributed by atoms with Crippen LogP contribution in [0.4, 0.5) is 19.6 Å². The number of methoxy groups -OCH3 is 1. The minimum absolute atomic E-state index is 0.159. The quantitative estimate of drug-likeness (QED) is 0.476. The minimum Gasteiger partial charge on any atom is -0.496 e. The molecule has 2 saturated heterocycles. The largest absolute Gasteiger partial charge is 0.496 e. The number of thiazole rings is 1. The topological polar surface area (TPSA) is 117 Å². The fraction of sp³-hybridized carbons (Fsp3) is 0.407. The van der Waals surface area contributed by atoms with Crippen LogP contribution < -0.4 is 20.3 Å². The Morgan fingerprint density at radius 3 is 2.59 bits per heavy atom. The first-order valence-corrected chi connectivity index (χ1v) is 13.4. The van der Waals surface area contributed by atoms with Gasteiger partial charge in [-0.15, -0.1) is 0 Å². The van der Waals surface area contributed by atoms with E-state index in [0.717, 1.165) is 17.6 Å². The van der Waals surface area contributed by atoms with Gasteiger partial charge in [0, 0.05) is 11.6 Å². The number of carbonyl (C=O) groups is 2. The molecule has 4 bridgehead atoms. The van der Waals surface area contributed by atoms with Gasteiger partial charge in [0.1, 0.15) is 22.9 Å². The molecule has 3 heterocycles. The van der Waals surface area contributed by atoms with Gasteiger partial charge in [-0.25, -0.2) is 13.8 Å². The molecule has 3 aromatic rings. The second-order valence-corrected chi connectivity index (χ2v) is 11.9. The van der Waals surface area contributed by atoms with E-state index >= 15 is 0 Å². The standard InChI is InChI=1S/C27H23F2N5O4S/c1-37-19-3-2-17-22(39-25(32-17)34-14-6-15(34)8-38-7-14)21(19)23(35)31-18-5-13(28)4-16(29)20(18)24(36)33-27-9-26(10-27,11-27)12-30/h2-5,14-15H,6-11H2,1H3,(H,31,35)(H,33,36). The first kappa shape index (κ1) is 24.2. The van der Waals surface area contributed by atoms with Gasteiger partial charge in [-0.1, -0.05) is 11.3 Å². The van der Waals surface area contributed by atoms with E-state index in [1.807, 2.05) is 0 Å². The SMILES string of the molecule is COc1ccc2nc(N3C4COCC3C4)sc2c1C(=O)Nc1cc(F)cc(F)c1C(=O)NC12CC(C#N)(C1)C2. The molecule has 2 aliphatic heterocycles. The van der Waals surface area contributed by atoms with E-state index in [1.54, 1.807) is 12.1 Å². The summed E-state index contributed by atoms with van der Waals surface area (Å²) >= 11 is 1.34. The lowest BCUT2D eigenvalue weighted by molar-refractivity contribution is -0.102. The third kappa shape index (κ3) is 3.60. The highest BCUT2D eigenvalue weighted by atomic mass is 32.1. The number of ether oxygens (including phenoxy) is 2. The Hall–Kier alpha value is -3.82. The maximum atomic E-state index is 15.0. The molecule has 3 saturated carbocycles. The third-order valence-corrected chi connectivity index (χ3v) is 9.41. The van der Waals surface area contributed by atoms with Crippen LogP contribution in [0, 0.1) is 28.4 Å². The van der Waals surface area contributed by atoms with Crippen LogP contribution >= 0.6 is 11.3 Å². The average Bonchev–Trinajstić information content (AvgIpc) is 3.27. The summed E-state index contributed by atoms with van der Waals surface area (Å²) in [4.78, 5) is 33.7. The molecule has 9 nitrogen and oxygen atoms in total. The van der Waals surface area contributed by atoms with Gasteiger partial charge in [-0.3, -0.25) is 9.59 Å². The van der Waals surface area contributed by atoms with Crippen LogP contribution in [0.15, 0.2) is 24.3 Å². The molecule has 2 atom stereocenters. The number of hydrogen-bond acceptors (Lipinski definition) is 8. The number of morpholine rings is 1. The van der Waals surface area contributed by atoms with Crippen LogP contribution in [0.1, 0.15) is 46.4 Å². The summed E-state index contributed by atoms with van der Waals surface area (Å²) < 4.78 is 40.8. The number of aromatic nitrogens is 1. The van der Waals surface area contributed by atoms with Gasteiger partial charge >= 0.3 is 0 Å². The number of halogens is 2. The zero-order valence-corrected chi connectivity index (χ0v) is 21.7. The number of hydrogen-bond donors (Lipinski definition) is 2. The number of rotatable bonds is 6. The number of nitrogens with one attached hydrogen (secondary N) is 2. The number of nitrogens with zero attached hydrogens (tertiary/aromatic N) is 3. The fourth-order valence-electron chi connectivity index (χ4n) is 6.54. The van der Waals surface area contributed by atoms with Gasteiger partial charge in [0.05, 0.1) is 65.4 Å². The van der Waals surface area contributed by atoms with E-state index in [4.69, 9.17) is 14.5 Å². The van der Waals surface area contributed by atoms with Crippen LogP contribution in [0.3, 0.4) is 0 Å². The summed E-state index contributed by atoms with van der Waals surface area (Å²) in [5, 5.41) is 15.4. The summed E-state index contributed by atoms with van der Waals surface area (Å²) in [6.45, 7) is 1.25. The maximum Gasteiger partial charge on any atom is 0.260 e. The first-order chi connectivity index (χ1) is 18.7. The molecule has 2 N–H and O–H groups in total. The second kappa shape index (κ2) is 8.34. The van der Waals surface area contributed by atoms with Crippen molar-refractivity contribution in [1.82, 2.24) is 10.3 Å². The third-order valence-electron chi connectivity index (χ3n) is 8.30. The highest BCUT2D eigenvalue weighted by molar-refractivity contribution is 7.22. The number of fused-ring (bicyclic) bond motifs is 3. The Morgan fingerprint density at radius 1 is 1.18 bits per heavy atom. The molecule has 200 valence electrons. The van der Waals surface area contributed by atoms with Crippen LogP contribution in [-0.2, 0) is 4.74 Å². The van der Waals surface area contributed by atoms with Crippen molar-refractivity contribution in [1.29, 1.82) is 5.26 Å². The van der Waals surface area contributed by atoms with E-state index in [2.05, 4.69) is 21.6 Å². The predicted molar refractivity (Wildman–Crippen MR) is 138 cm³/mol. The number of amides is 2. The van der Waals surface area contributed by atoms with Crippen molar-refractivity contribution in [2.45, 2.75) is 43.3 Å². The summed E-state index contributed by atoms with van der Waals surface area (Å²) in [6, 6.07) is 7.63. The smallest absolute Gasteiger partial charge is 0.260 e. The van der Waals surface area contributed by atoms with Crippen molar-refractivity contribution in [3.8, 4) is 11.8 Å². The Kier molecular flexibility index (Phi) is 5.18. The van der Waals surface area contributed by atoms with E-state index in [0.29, 0.717) is 48.8 Å². The van der Waals surface area contributed by atoms with Gasteiger partial charge in [0.15, 0.2) is 5.13 Å². The van der Waals surface area contributed by atoms with E-state index in [9.17, 15) is 23.6 Å². The molecule has 2 aromatic carbocycles. The molecule has 3 aliphatic carbocycles. The van der Waals surface area contributed by atoms with Crippen molar-refractivity contribution in [3.05, 3.63) is 47.0 Å². The molecule has 2 unspecified atom stereocenters. The molecule has 0 radical (unpaired) electrons. The van der Waals surface area contributed by atoms with Gasteiger partial charge in [0.25, 0.3) is 11.8 Å². The molecule has 8 rings (SSSR count). The Balaban J connectivity index is 1.21. The highest BCUT2D eigenvalue weighted by Gasteiger charge is 2.69. The van der Waals surface area contributed by atoms with Gasteiger partial charge in [-0.2, -0.15) is 5.26 Å². The maximum absolute atomic E-state index is 15.0. The van der Waals surface area contributed by atoms with Crippen LogP contribution in [0.2, 0.25) is 0 Å². The van der Waals surface area contributed by atoms with Crippen molar-refractivity contribution in [3.63, 3.8) is 0 Å². The average molecular weight is 552 g/mol. The normalized spacial score (nSPS) is 28.0. The zero-order valence-electron chi connectivity index (χ0n) is 20.8. The lowest BCUT2D eigenvalue weighted by Crippen LogP contribution is -2.74. The van der Waals surface area contributed by atoms with Gasteiger partial charge in [-0.05, 0) is 43.9 Å². The summed E-state index contributed by atoms with van der Waals surface area (Å²) in [7, 11) is 1.43. The van der Waals surface area contributed by atoms with Crippen LogP contribution in [0.5, 0.6) is 5.75 Å². The number of benzene rings is 2. The van der Waals surface area contributed by atoms with E-state index in [1.165, 1.54) is 18.4 Å². The lowest BCUT2D eigenvalue weighted by Gasteiger charge is -2.66. The molecule has 1 aromatic heterocycles. The summed E-state index contributed by atoms with van der Waals surface area (Å²) in [5.74, 6) is -3.23. The van der Waals surface area contributed by atoms with Crippen molar-refractivity contribution < 1.29 is 27.8 Å². The van der Waals surface area contributed by atoms with Crippen molar-refractivity contribution >= 4 is 44.2 Å². The molecule has 5 aliphatic rings. The van der Waals surface area contributed by atoms with Gasteiger partial charge in [0.2, 0.25) is 0 Å². The summed E-state index contributed by atoms with van der Waals surface area (Å²) in [5.41, 5.74) is -1.00. The molecule has 0 spiro atoms. The van der Waals surface area contributed by atoms with E-state index in [-0.39, 0.29) is 29.1 Å². The summed E-state index contributed by atoms with van der Waals surface area (Å²) in [6.07, 6.45) is 2.50. The Morgan fingerprint density at radius 2 is 1.92 bits per heavy atom. The zero-order chi connectivity index (χ0) is 27.1.